The van der Waals surface area contributed by atoms with Crippen LogP contribution in [0.3, 0.4) is 0 Å². The van der Waals surface area contributed by atoms with E-state index in [0.717, 1.165) is 0 Å². The van der Waals surface area contributed by atoms with Crippen molar-refractivity contribution in [1.29, 1.82) is 0 Å². The molecule has 21 heavy (non-hydrogen) atoms. The van der Waals surface area contributed by atoms with Gasteiger partial charge in [-0.05, 0) is 30.7 Å². The minimum absolute atomic E-state index is 0.0357. The molecule has 0 radical (unpaired) electrons. The summed E-state index contributed by atoms with van der Waals surface area (Å²) in [6.45, 7) is 2.25. The molecule has 6 heteroatoms. The Morgan fingerprint density at radius 3 is 2.48 bits per heavy atom. The number of amides is 2. The van der Waals surface area contributed by atoms with Crippen LogP contribution in [0.5, 0.6) is 0 Å². The Kier molecular flexibility index (Phi) is 6.30. The second-order valence-electron chi connectivity index (χ2n) is 4.97. The molecule has 0 saturated carbocycles. The third-order valence-corrected chi connectivity index (χ3v) is 3.10. The lowest BCUT2D eigenvalue weighted by Gasteiger charge is -2.24. The Labute approximate surface area is 124 Å². The molecule has 0 fully saturated rings. The van der Waals surface area contributed by atoms with E-state index >= 15 is 0 Å². The second-order valence-corrected chi connectivity index (χ2v) is 4.97. The van der Waals surface area contributed by atoms with Crippen molar-refractivity contribution in [1.82, 2.24) is 9.80 Å². The average Bonchev–Trinajstić information content (AvgIpc) is 2.42. The highest BCUT2D eigenvalue weighted by Crippen LogP contribution is 2.13. The van der Waals surface area contributed by atoms with Crippen LogP contribution in [0.1, 0.15) is 15.9 Å². The Balaban J connectivity index is 2.95. The van der Waals surface area contributed by atoms with Gasteiger partial charge in [0.2, 0.25) is 5.91 Å². The van der Waals surface area contributed by atoms with Gasteiger partial charge in [0.15, 0.2) is 0 Å². The van der Waals surface area contributed by atoms with E-state index < -0.39 is 5.82 Å². The van der Waals surface area contributed by atoms with E-state index in [4.69, 9.17) is 4.74 Å². The first-order chi connectivity index (χ1) is 9.86. The Bertz CT molecular complexity index is 518. The fraction of sp³-hybridized carbons (Fsp3) is 0.467. The molecule has 0 N–H and O–H groups in total. The third-order valence-electron chi connectivity index (χ3n) is 3.10. The Hall–Kier alpha value is -1.95. The molecule has 116 valence electrons. The molecule has 5 nitrogen and oxygen atoms in total. The van der Waals surface area contributed by atoms with Crippen molar-refractivity contribution in [3.63, 3.8) is 0 Å². The van der Waals surface area contributed by atoms with Crippen LogP contribution in [0.25, 0.3) is 0 Å². The van der Waals surface area contributed by atoms with Crippen molar-refractivity contribution in [2.75, 3.05) is 40.9 Å². The van der Waals surface area contributed by atoms with Crippen LogP contribution < -0.4 is 0 Å². The number of methoxy groups -OCH3 is 1. The first kappa shape index (κ1) is 17.1. The molecular formula is C15H21FN2O3. The van der Waals surface area contributed by atoms with E-state index in [9.17, 15) is 14.0 Å². The van der Waals surface area contributed by atoms with E-state index in [1.807, 2.05) is 0 Å². The summed E-state index contributed by atoms with van der Waals surface area (Å²) in [5, 5.41) is 0. The van der Waals surface area contributed by atoms with E-state index in [-0.39, 0.29) is 18.4 Å². The molecule has 0 saturated heterocycles. The van der Waals surface area contributed by atoms with Gasteiger partial charge in [0.05, 0.1) is 6.61 Å². The van der Waals surface area contributed by atoms with Gasteiger partial charge in [0, 0.05) is 33.3 Å². The van der Waals surface area contributed by atoms with Crippen LogP contribution >= 0.6 is 0 Å². The summed E-state index contributed by atoms with van der Waals surface area (Å²) in [6, 6.07) is 3.98. The third kappa shape index (κ3) is 4.82. The van der Waals surface area contributed by atoms with E-state index in [1.165, 1.54) is 35.1 Å². The smallest absolute Gasteiger partial charge is 0.254 e. The highest BCUT2D eigenvalue weighted by Gasteiger charge is 2.21. The van der Waals surface area contributed by atoms with Gasteiger partial charge in [-0.1, -0.05) is 0 Å². The minimum Gasteiger partial charge on any atom is -0.383 e. The molecular weight excluding hydrogens is 275 g/mol. The summed E-state index contributed by atoms with van der Waals surface area (Å²) in [4.78, 5) is 27.2. The Morgan fingerprint density at radius 1 is 1.29 bits per heavy atom. The fourth-order valence-corrected chi connectivity index (χ4v) is 1.80. The lowest BCUT2D eigenvalue weighted by molar-refractivity contribution is -0.129. The highest BCUT2D eigenvalue weighted by molar-refractivity contribution is 5.97. The monoisotopic (exact) mass is 296 g/mol. The number of carbonyl (C=O) groups excluding carboxylic acids is 2. The summed E-state index contributed by atoms with van der Waals surface area (Å²) in [6.07, 6.45) is 0. The standard InChI is InChI=1S/C15H21FN2O3/c1-11-9-12(16)5-6-13(11)15(20)18(7-8-21-4)10-14(19)17(2)3/h5-6,9H,7-8,10H2,1-4H3. The predicted octanol–water partition coefficient (Wildman–Crippen LogP) is 1.31. The topological polar surface area (TPSA) is 49.9 Å². The lowest BCUT2D eigenvalue weighted by atomic mass is 10.1. The average molecular weight is 296 g/mol. The minimum atomic E-state index is -0.392. The van der Waals surface area contributed by atoms with Crippen molar-refractivity contribution in [3.8, 4) is 0 Å². The van der Waals surface area contributed by atoms with Crippen LogP contribution in [-0.2, 0) is 9.53 Å². The second kappa shape index (κ2) is 7.73. The van der Waals surface area contributed by atoms with Crippen molar-refractivity contribution < 1.29 is 18.7 Å². The molecule has 0 atom stereocenters. The number of likely N-dealkylation sites (N-methyl/N-ethyl adjacent to an activating group) is 1. The van der Waals surface area contributed by atoms with Crippen LogP contribution in [0.4, 0.5) is 4.39 Å². The van der Waals surface area contributed by atoms with Crippen molar-refractivity contribution in [2.24, 2.45) is 0 Å². The zero-order valence-electron chi connectivity index (χ0n) is 12.9. The van der Waals surface area contributed by atoms with Gasteiger partial charge in [0.1, 0.15) is 12.4 Å². The van der Waals surface area contributed by atoms with Crippen molar-refractivity contribution in [3.05, 3.63) is 35.1 Å². The molecule has 0 aliphatic rings. The molecule has 0 heterocycles. The van der Waals surface area contributed by atoms with E-state index in [0.29, 0.717) is 24.3 Å². The molecule has 1 rings (SSSR count). The quantitative estimate of drug-likeness (QED) is 0.795. The van der Waals surface area contributed by atoms with Gasteiger partial charge in [-0.25, -0.2) is 4.39 Å². The number of nitrogens with zero attached hydrogens (tertiary/aromatic N) is 2. The van der Waals surface area contributed by atoms with Gasteiger partial charge >= 0.3 is 0 Å². The van der Waals surface area contributed by atoms with Gasteiger partial charge < -0.3 is 14.5 Å². The van der Waals surface area contributed by atoms with Crippen molar-refractivity contribution >= 4 is 11.8 Å². The Morgan fingerprint density at radius 2 is 1.95 bits per heavy atom. The van der Waals surface area contributed by atoms with Gasteiger partial charge in [-0.15, -0.1) is 0 Å². The predicted molar refractivity (Wildman–Crippen MR) is 77.6 cm³/mol. The zero-order chi connectivity index (χ0) is 16.0. The molecule has 2 amide bonds. The molecule has 0 bridgehead atoms. The molecule has 0 spiro atoms. The highest BCUT2D eigenvalue weighted by atomic mass is 19.1. The number of halogens is 1. The summed E-state index contributed by atoms with van der Waals surface area (Å²) < 4.78 is 18.1. The van der Waals surface area contributed by atoms with Gasteiger partial charge in [-0.3, -0.25) is 9.59 Å². The summed E-state index contributed by atoms with van der Waals surface area (Å²) in [5.74, 6) is -0.879. The fourth-order valence-electron chi connectivity index (χ4n) is 1.80. The molecule has 0 aliphatic carbocycles. The number of aryl methyl sites for hydroxylation is 1. The molecule has 0 aromatic heterocycles. The van der Waals surface area contributed by atoms with Gasteiger partial charge in [0.25, 0.3) is 5.91 Å². The van der Waals surface area contributed by atoms with Crippen LogP contribution in [0.2, 0.25) is 0 Å². The number of ether oxygens (including phenoxy) is 1. The summed E-state index contributed by atoms with van der Waals surface area (Å²) in [5.41, 5.74) is 0.929. The van der Waals surface area contributed by atoms with Crippen LogP contribution in [0.15, 0.2) is 18.2 Å². The zero-order valence-corrected chi connectivity index (χ0v) is 12.9. The van der Waals surface area contributed by atoms with E-state index in [1.54, 1.807) is 21.0 Å². The van der Waals surface area contributed by atoms with Crippen LogP contribution in [-0.4, -0.2) is 62.5 Å². The summed E-state index contributed by atoms with van der Waals surface area (Å²) >= 11 is 0. The number of hydrogen-bond donors (Lipinski definition) is 0. The first-order valence-electron chi connectivity index (χ1n) is 6.61. The maximum Gasteiger partial charge on any atom is 0.254 e. The molecule has 0 aliphatic heterocycles. The number of rotatable bonds is 6. The summed E-state index contributed by atoms with van der Waals surface area (Å²) in [7, 11) is 4.79. The number of hydrogen-bond acceptors (Lipinski definition) is 3. The normalized spacial score (nSPS) is 10.3. The number of benzene rings is 1. The molecule has 1 aromatic rings. The molecule has 0 unspecified atom stereocenters. The lowest BCUT2D eigenvalue weighted by Crippen LogP contribution is -2.42. The maximum absolute atomic E-state index is 13.1. The molecule has 1 aromatic carbocycles. The maximum atomic E-state index is 13.1. The van der Waals surface area contributed by atoms with Gasteiger partial charge in [-0.2, -0.15) is 0 Å². The first-order valence-corrected chi connectivity index (χ1v) is 6.61. The SMILES string of the molecule is COCCN(CC(=O)N(C)C)C(=O)c1ccc(F)cc1C. The van der Waals surface area contributed by atoms with Crippen molar-refractivity contribution in [2.45, 2.75) is 6.92 Å². The van der Waals surface area contributed by atoms with E-state index in [2.05, 4.69) is 0 Å². The number of carbonyl (C=O) groups is 2. The largest absolute Gasteiger partial charge is 0.383 e. The van der Waals surface area contributed by atoms with Crippen LogP contribution in [0, 0.1) is 12.7 Å².